The Morgan fingerprint density at radius 2 is 2.16 bits per heavy atom. The molecular weight excluding hydrogens is 318 g/mol. The molecule has 0 radical (unpaired) electrons. The quantitative estimate of drug-likeness (QED) is 0.723. The van der Waals surface area contributed by atoms with Crippen LogP contribution in [-0.4, -0.2) is 45.8 Å². The minimum atomic E-state index is -0.450. The van der Waals surface area contributed by atoms with Crippen molar-refractivity contribution in [3.05, 3.63) is 24.3 Å². The smallest absolute Gasteiger partial charge is 0.410 e. The first kappa shape index (κ1) is 19.6. The lowest BCUT2D eigenvalue weighted by molar-refractivity contribution is 0.00580. The lowest BCUT2D eigenvalue weighted by atomic mass is 9.98. The monoisotopic (exact) mass is 349 g/mol. The van der Waals surface area contributed by atoms with E-state index in [2.05, 4.69) is 9.97 Å². The Morgan fingerprint density at radius 3 is 2.84 bits per heavy atom. The van der Waals surface area contributed by atoms with E-state index in [1.807, 2.05) is 32.6 Å². The zero-order valence-electron chi connectivity index (χ0n) is 15.9. The Kier molecular flexibility index (Phi) is 7.17. The highest BCUT2D eigenvalue weighted by Gasteiger charge is 2.30. The summed E-state index contributed by atoms with van der Waals surface area (Å²) in [5, 5.41) is 0. The predicted molar refractivity (Wildman–Crippen MR) is 96.2 cm³/mol. The van der Waals surface area contributed by atoms with E-state index in [1.165, 1.54) is 6.42 Å². The number of hydrogen-bond acceptors (Lipinski definition) is 5. The number of rotatable bonds is 6. The SMILES string of the molecule is C[C@H](OCCC[C@@H]1CCCCN1C(=O)OC(C)(C)C)c1cnccn1. The van der Waals surface area contributed by atoms with Crippen molar-refractivity contribution in [3.63, 3.8) is 0 Å². The molecule has 1 fully saturated rings. The van der Waals surface area contributed by atoms with Crippen LogP contribution in [0.1, 0.15) is 71.6 Å². The molecule has 1 aliphatic heterocycles. The second-order valence-corrected chi connectivity index (χ2v) is 7.61. The number of piperidine rings is 1. The van der Waals surface area contributed by atoms with Gasteiger partial charge < -0.3 is 14.4 Å². The summed E-state index contributed by atoms with van der Waals surface area (Å²) in [7, 11) is 0. The largest absolute Gasteiger partial charge is 0.444 e. The number of likely N-dealkylation sites (tertiary alicyclic amines) is 1. The van der Waals surface area contributed by atoms with Crippen molar-refractivity contribution >= 4 is 6.09 Å². The Morgan fingerprint density at radius 1 is 1.36 bits per heavy atom. The van der Waals surface area contributed by atoms with Crippen molar-refractivity contribution in [3.8, 4) is 0 Å². The Bertz CT molecular complexity index is 530. The van der Waals surface area contributed by atoms with E-state index in [4.69, 9.17) is 9.47 Å². The van der Waals surface area contributed by atoms with Crippen LogP contribution in [-0.2, 0) is 9.47 Å². The molecule has 2 heterocycles. The van der Waals surface area contributed by atoms with Crippen molar-refractivity contribution in [1.82, 2.24) is 14.9 Å². The fourth-order valence-electron chi connectivity index (χ4n) is 3.05. The van der Waals surface area contributed by atoms with Crippen molar-refractivity contribution in [2.75, 3.05) is 13.2 Å². The van der Waals surface area contributed by atoms with Gasteiger partial charge in [0.15, 0.2) is 0 Å². The molecule has 2 rings (SSSR count). The molecule has 0 bridgehead atoms. The van der Waals surface area contributed by atoms with Crippen LogP contribution in [0.25, 0.3) is 0 Å². The van der Waals surface area contributed by atoms with Crippen LogP contribution in [0.5, 0.6) is 0 Å². The molecule has 1 amide bonds. The fraction of sp³-hybridized carbons (Fsp3) is 0.737. The molecule has 6 nitrogen and oxygen atoms in total. The van der Waals surface area contributed by atoms with Gasteiger partial charge >= 0.3 is 6.09 Å². The van der Waals surface area contributed by atoms with Crippen molar-refractivity contribution < 1.29 is 14.3 Å². The number of hydrogen-bond donors (Lipinski definition) is 0. The summed E-state index contributed by atoms with van der Waals surface area (Å²) in [6.45, 7) is 9.15. The van der Waals surface area contributed by atoms with Gasteiger partial charge in [-0.15, -0.1) is 0 Å². The third-order valence-electron chi connectivity index (χ3n) is 4.30. The third kappa shape index (κ3) is 6.61. The molecule has 0 spiro atoms. The molecule has 0 unspecified atom stereocenters. The summed E-state index contributed by atoms with van der Waals surface area (Å²) in [6.07, 6.45) is 9.92. The van der Waals surface area contributed by atoms with Gasteiger partial charge in [-0.05, 0) is 59.8 Å². The normalized spacial score (nSPS) is 19.5. The summed E-state index contributed by atoms with van der Waals surface area (Å²) in [4.78, 5) is 22.6. The van der Waals surface area contributed by atoms with Gasteiger partial charge in [0.05, 0.1) is 18.0 Å². The molecule has 2 atom stereocenters. The molecule has 1 aromatic heterocycles. The third-order valence-corrected chi connectivity index (χ3v) is 4.30. The first-order valence-corrected chi connectivity index (χ1v) is 9.24. The molecule has 25 heavy (non-hydrogen) atoms. The maximum absolute atomic E-state index is 12.4. The summed E-state index contributed by atoms with van der Waals surface area (Å²) in [6, 6.07) is 0.249. The van der Waals surface area contributed by atoms with Crippen LogP contribution in [0.15, 0.2) is 18.6 Å². The molecule has 6 heteroatoms. The zero-order valence-corrected chi connectivity index (χ0v) is 15.9. The second-order valence-electron chi connectivity index (χ2n) is 7.61. The second kappa shape index (κ2) is 9.13. The highest BCUT2D eigenvalue weighted by atomic mass is 16.6. The summed E-state index contributed by atoms with van der Waals surface area (Å²) in [5.74, 6) is 0. The number of nitrogens with zero attached hydrogens (tertiary/aromatic N) is 3. The lowest BCUT2D eigenvalue weighted by Crippen LogP contribution is -2.46. The molecular formula is C19H31N3O3. The van der Waals surface area contributed by atoms with Crippen LogP contribution < -0.4 is 0 Å². The van der Waals surface area contributed by atoms with Gasteiger partial charge in [0.1, 0.15) is 5.60 Å². The Labute approximate surface area is 150 Å². The van der Waals surface area contributed by atoms with Gasteiger partial charge in [-0.1, -0.05) is 0 Å². The van der Waals surface area contributed by atoms with Crippen molar-refractivity contribution in [1.29, 1.82) is 0 Å². The first-order valence-electron chi connectivity index (χ1n) is 9.24. The first-order chi connectivity index (χ1) is 11.9. The number of carbonyl (C=O) groups excluding carboxylic acids is 1. The van der Waals surface area contributed by atoms with Gasteiger partial charge in [0.25, 0.3) is 0 Å². The number of carbonyl (C=O) groups is 1. The zero-order chi connectivity index (χ0) is 18.3. The maximum atomic E-state index is 12.4. The van der Waals surface area contributed by atoms with Gasteiger partial charge in [-0.3, -0.25) is 9.97 Å². The van der Waals surface area contributed by atoms with Crippen LogP contribution in [0.3, 0.4) is 0 Å². The van der Waals surface area contributed by atoms with Crippen LogP contribution in [0.4, 0.5) is 4.79 Å². The van der Waals surface area contributed by atoms with Gasteiger partial charge in [0.2, 0.25) is 0 Å². The summed E-state index contributed by atoms with van der Waals surface area (Å²) in [5.41, 5.74) is 0.393. The average Bonchev–Trinajstić information content (AvgIpc) is 2.58. The maximum Gasteiger partial charge on any atom is 0.410 e. The Hall–Kier alpha value is -1.69. The van der Waals surface area contributed by atoms with E-state index < -0.39 is 5.60 Å². The van der Waals surface area contributed by atoms with Gasteiger partial charge in [-0.25, -0.2) is 4.79 Å². The molecule has 1 saturated heterocycles. The van der Waals surface area contributed by atoms with Crippen LogP contribution in [0.2, 0.25) is 0 Å². The topological polar surface area (TPSA) is 64.5 Å². The predicted octanol–water partition coefficient (Wildman–Crippen LogP) is 4.12. The van der Waals surface area contributed by atoms with E-state index in [9.17, 15) is 4.79 Å². The van der Waals surface area contributed by atoms with Crippen LogP contribution in [0, 0.1) is 0 Å². The summed E-state index contributed by atoms with van der Waals surface area (Å²) < 4.78 is 11.4. The molecule has 0 N–H and O–H groups in total. The fourth-order valence-corrected chi connectivity index (χ4v) is 3.05. The Balaban J connectivity index is 1.77. The molecule has 0 aliphatic carbocycles. The number of amides is 1. The number of ether oxygens (including phenoxy) is 2. The molecule has 0 saturated carbocycles. The summed E-state index contributed by atoms with van der Waals surface area (Å²) >= 11 is 0. The van der Waals surface area contributed by atoms with E-state index >= 15 is 0 Å². The molecule has 140 valence electrons. The van der Waals surface area contributed by atoms with E-state index in [-0.39, 0.29) is 18.2 Å². The van der Waals surface area contributed by atoms with Crippen LogP contribution >= 0.6 is 0 Å². The van der Waals surface area contributed by atoms with E-state index in [1.54, 1.807) is 18.6 Å². The van der Waals surface area contributed by atoms with Gasteiger partial charge in [-0.2, -0.15) is 0 Å². The minimum Gasteiger partial charge on any atom is -0.444 e. The minimum absolute atomic E-state index is 0.0676. The average molecular weight is 349 g/mol. The van der Waals surface area contributed by atoms with Crippen molar-refractivity contribution in [2.45, 2.75) is 77.5 Å². The van der Waals surface area contributed by atoms with Crippen molar-refractivity contribution in [2.24, 2.45) is 0 Å². The highest BCUT2D eigenvalue weighted by Crippen LogP contribution is 2.24. The molecule has 1 aromatic rings. The van der Waals surface area contributed by atoms with Gasteiger partial charge in [0, 0.05) is 31.6 Å². The number of aromatic nitrogens is 2. The molecule has 0 aromatic carbocycles. The lowest BCUT2D eigenvalue weighted by Gasteiger charge is -2.37. The van der Waals surface area contributed by atoms with E-state index in [0.717, 1.165) is 37.9 Å². The molecule has 1 aliphatic rings. The van der Waals surface area contributed by atoms with E-state index in [0.29, 0.717) is 6.61 Å². The highest BCUT2D eigenvalue weighted by molar-refractivity contribution is 5.68. The standard InChI is InChI=1S/C19H31N3O3/c1-15(17-14-20-10-11-21-17)24-13-7-9-16-8-5-6-12-22(16)18(23)25-19(2,3)4/h10-11,14-16H,5-9,12-13H2,1-4H3/t15-,16-/m0/s1.